The summed E-state index contributed by atoms with van der Waals surface area (Å²) >= 11 is 1.30. The van der Waals surface area contributed by atoms with Gasteiger partial charge in [-0.2, -0.15) is 0 Å². The van der Waals surface area contributed by atoms with Crippen LogP contribution in [0.5, 0.6) is 5.75 Å². The summed E-state index contributed by atoms with van der Waals surface area (Å²) in [5.74, 6) is 0.203. The van der Waals surface area contributed by atoms with Gasteiger partial charge in [0.15, 0.2) is 0 Å². The number of ether oxygens (including phenoxy) is 1. The van der Waals surface area contributed by atoms with Gasteiger partial charge in [0.05, 0.1) is 31.3 Å². The highest BCUT2D eigenvalue weighted by molar-refractivity contribution is 7.12. The van der Waals surface area contributed by atoms with Crippen molar-refractivity contribution in [3.63, 3.8) is 0 Å². The number of nitrogens with zero attached hydrogens (tertiary/aromatic N) is 1. The monoisotopic (exact) mass is 495 g/mol. The van der Waals surface area contributed by atoms with Crippen molar-refractivity contribution in [2.45, 2.75) is 44.3 Å². The van der Waals surface area contributed by atoms with E-state index in [9.17, 15) is 14.4 Å². The Labute approximate surface area is 208 Å². The van der Waals surface area contributed by atoms with Gasteiger partial charge in [0.2, 0.25) is 11.8 Å². The van der Waals surface area contributed by atoms with E-state index in [2.05, 4.69) is 10.6 Å². The van der Waals surface area contributed by atoms with Crippen LogP contribution in [-0.4, -0.2) is 42.3 Å². The van der Waals surface area contributed by atoms with Gasteiger partial charge < -0.3 is 24.7 Å². The van der Waals surface area contributed by atoms with Gasteiger partial charge in [-0.15, -0.1) is 11.3 Å². The highest BCUT2D eigenvalue weighted by atomic mass is 32.1. The lowest BCUT2D eigenvalue weighted by molar-refractivity contribution is -0.141. The SMILES string of the molecule is COc1ccc(C(C(=O)NC2CCCC2)N(Cc2ccco2)C(=O)CNC(=O)c2cccs2)cc1. The number of furan rings is 1. The zero-order valence-electron chi connectivity index (χ0n) is 19.6. The van der Waals surface area contributed by atoms with Gasteiger partial charge in [0, 0.05) is 6.04 Å². The largest absolute Gasteiger partial charge is 0.497 e. The highest BCUT2D eigenvalue weighted by Crippen LogP contribution is 2.27. The predicted octanol–water partition coefficient (Wildman–Crippen LogP) is 3.91. The molecule has 0 aliphatic heterocycles. The first-order chi connectivity index (χ1) is 17.0. The Morgan fingerprint density at radius 2 is 1.89 bits per heavy atom. The van der Waals surface area contributed by atoms with Crippen LogP contribution in [0.15, 0.2) is 64.6 Å². The summed E-state index contributed by atoms with van der Waals surface area (Å²) in [7, 11) is 1.57. The average molecular weight is 496 g/mol. The third-order valence-electron chi connectivity index (χ3n) is 6.06. The van der Waals surface area contributed by atoms with Gasteiger partial charge in [-0.05, 0) is 54.1 Å². The van der Waals surface area contributed by atoms with Gasteiger partial charge in [0.25, 0.3) is 5.91 Å². The van der Waals surface area contributed by atoms with E-state index in [-0.39, 0.29) is 30.9 Å². The minimum atomic E-state index is -0.905. The minimum Gasteiger partial charge on any atom is -0.497 e. The molecule has 2 N–H and O–H groups in total. The Morgan fingerprint density at radius 1 is 1.11 bits per heavy atom. The number of amides is 3. The molecule has 0 saturated heterocycles. The first kappa shape index (κ1) is 24.5. The molecule has 4 rings (SSSR count). The lowest BCUT2D eigenvalue weighted by Gasteiger charge is -2.32. The second-order valence-electron chi connectivity index (χ2n) is 8.43. The summed E-state index contributed by atoms with van der Waals surface area (Å²) in [6.45, 7) is -0.170. The first-order valence-electron chi connectivity index (χ1n) is 11.6. The van der Waals surface area contributed by atoms with Crippen molar-refractivity contribution in [3.8, 4) is 5.75 Å². The molecular weight excluding hydrogens is 466 g/mol. The molecule has 1 fully saturated rings. The summed E-state index contributed by atoms with van der Waals surface area (Å²) in [6, 6.07) is 13.2. The molecule has 0 spiro atoms. The van der Waals surface area contributed by atoms with E-state index >= 15 is 0 Å². The molecule has 1 atom stereocenters. The lowest BCUT2D eigenvalue weighted by atomic mass is 10.0. The van der Waals surface area contributed by atoms with Crippen LogP contribution >= 0.6 is 11.3 Å². The Hall–Kier alpha value is -3.59. The number of rotatable bonds is 10. The van der Waals surface area contributed by atoms with E-state index in [1.165, 1.54) is 22.5 Å². The number of benzene rings is 1. The van der Waals surface area contributed by atoms with Crippen molar-refractivity contribution in [1.82, 2.24) is 15.5 Å². The van der Waals surface area contributed by atoms with Gasteiger partial charge in [0.1, 0.15) is 17.6 Å². The van der Waals surface area contributed by atoms with Crippen LogP contribution in [-0.2, 0) is 16.1 Å². The van der Waals surface area contributed by atoms with Crippen LogP contribution in [0.4, 0.5) is 0 Å². The molecule has 2 heterocycles. The summed E-state index contributed by atoms with van der Waals surface area (Å²) < 4.78 is 10.8. The van der Waals surface area contributed by atoms with E-state index in [0.717, 1.165) is 25.7 Å². The number of carbonyl (C=O) groups excluding carboxylic acids is 3. The molecule has 0 bridgehead atoms. The second-order valence-corrected chi connectivity index (χ2v) is 9.37. The fourth-order valence-corrected chi connectivity index (χ4v) is 4.90. The topological polar surface area (TPSA) is 101 Å². The van der Waals surface area contributed by atoms with Gasteiger partial charge in [-0.25, -0.2) is 0 Å². The second kappa shape index (κ2) is 11.7. The molecule has 0 radical (unpaired) electrons. The Bertz CT molecular complexity index is 1110. The zero-order valence-corrected chi connectivity index (χ0v) is 20.4. The summed E-state index contributed by atoms with van der Waals surface area (Å²) in [5.41, 5.74) is 0.644. The Morgan fingerprint density at radius 3 is 2.51 bits per heavy atom. The molecule has 184 valence electrons. The van der Waals surface area contributed by atoms with E-state index in [1.807, 2.05) is 0 Å². The average Bonchev–Trinajstić information content (AvgIpc) is 3.66. The Balaban J connectivity index is 1.61. The summed E-state index contributed by atoms with van der Waals surface area (Å²) in [5, 5.41) is 7.61. The number of hydrogen-bond donors (Lipinski definition) is 2. The number of methoxy groups -OCH3 is 1. The quantitative estimate of drug-likeness (QED) is 0.444. The van der Waals surface area contributed by atoms with Crippen molar-refractivity contribution >= 4 is 29.1 Å². The van der Waals surface area contributed by atoms with Crippen molar-refractivity contribution in [2.75, 3.05) is 13.7 Å². The third-order valence-corrected chi connectivity index (χ3v) is 6.93. The fourth-order valence-electron chi connectivity index (χ4n) is 4.26. The first-order valence-corrected chi connectivity index (χ1v) is 12.5. The molecule has 1 saturated carbocycles. The van der Waals surface area contributed by atoms with E-state index in [0.29, 0.717) is 22.0 Å². The van der Waals surface area contributed by atoms with Crippen LogP contribution in [0.3, 0.4) is 0 Å². The van der Waals surface area contributed by atoms with E-state index < -0.39 is 11.9 Å². The molecule has 1 aliphatic carbocycles. The molecule has 3 aromatic rings. The van der Waals surface area contributed by atoms with Crippen molar-refractivity contribution in [2.24, 2.45) is 0 Å². The van der Waals surface area contributed by atoms with Crippen LogP contribution in [0.2, 0.25) is 0 Å². The highest BCUT2D eigenvalue weighted by Gasteiger charge is 2.34. The van der Waals surface area contributed by atoms with Crippen LogP contribution < -0.4 is 15.4 Å². The van der Waals surface area contributed by atoms with Gasteiger partial charge in [-0.1, -0.05) is 31.0 Å². The standard InChI is InChI=1S/C26H29N3O5S/c1-33-20-12-10-18(11-13-20)24(26(32)28-19-6-2-3-7-19)29(17-21-8-4-14-34-21)23(30)16-27-25(31)22-9-5-15-35-22/h4-5,8-15,19,24H,2-3,6-7,16-17H2,1H3,(H,27,31)(H,28,32). The number of hydrogen-bond acceptors (Lipinski definition) is 6. The minimum absolute atomic E-state index is 0.0789. The molecule has 3 amide bonds. The number of carbonyl (C=O) groups is 3. The molecule has 2 aromatic heterocycles. The van der Waals surface area contributed by atoms with E-state index in [4.69, 9.17) is 9.15 Å². The van der Waals surface area contributed by atoms with Crippen LogP contribution in [0, 0.1) is 0 Å². The maximum Gasteiger partial charge on any atom is 0.261 e. The molecule has 1 aromatic carbocycles. The normalized spacial score (nSPS) is 14.3. The molecule has 1 aliphatic rings. The van der Waals surface area contributed by atoms with Crippen LogP contribution in [0.25, 0.3) is 0 Å². The predicted molar refractivity (Wildman–Crippen MR) is 132 cm³/mol. The number of thiophene rings is 1. The van der Waals surface area contributed by atoms with Gasteiger partial charge in [-0.3, -0.25) is 14.4 Å². The smallest absolute Gasteiger partial charge is 0.261 e. The molecule has 1 unspecified atom stereocenters. The van der Waals surface area contributed by atoms with Crippen LogP contribution in [0.1, 0.15) is 52.7 Å². The zero-order chi connectivity index (χ0) is 24.6. The molecule has 35 heavy (non-hydrogen) atoms. The van der Waals surface area contributed by atoms with E-state index in [1.54, 1.807) is 61.0 Å². The van der Waals surface area contributed by atoms with Crippen molar-refractivity contribution in [1.29, 1.82) is 0 Å². The molecule has 8 nitrogen and oxygen atoms in total. The third kappa shape index (κ3) is 6.30. The summed E-state index contributed by atoms with van der Waals surface area (Å²) in [6.07, 6.45) is 5.51. The number of nitrogens with one attached hydrogen (secondary N) is 2. The fraction of sp³-hybridized carbons (Fsp3) is 0.346. The molecule has 9 heteroatoms. The molecular formula is C26H29N3O5S. The maximum atomic E-state index is 13.6. The van der Waals surface area contributed by atoms with Crippen molar-refractivity contribution < 1.29 is 23.5 Å². The van der Waals surface area contributed by atoms with Gasteiger partial charge >= 0.3 is 0 Å². The van der Waals surface area contributed by atoms with Crippen molar-refractivity contribution in [3.05, 3.63) is 76.4 Å². The lowest BCUT2D eigenvalue weighted by Crippen LogP contribution is -2.48. The Kier molecular flexibility index (Phi) is 8.20. The summed E-state index contributed by atoms with van der Waals surface area (Å²) in [4.78, 5) is 41.5. The maximum absolute atomic E-state index is 13.6.